The molecule has 1 aromatic carbocycles. The molecule has 0 aliphatic carbocycles. The highest BCUT2D eigenvalue weighted by atomic mass is 35.5. The molecular formula is C14H20Cl2N2. The summed E-state index contributed by atoms with van der Waals surface area (Å²) in [5, 5.41) is 1.41. The van der Waals surface area contributed by atoms with Gasteiger partial charge in [-0.25, -0.2) is 0 Å². The Balaban J connectivity index is 2.00. The van der Waals surface area contributed by atoms with Crippen LogP contribution < -0.4 is 5.73 Å². The van der Waals surface area contributed by atoms with Crippen molar-refractivity contribution < 1.29 is 0 Å². The normalized spacial score (nSPS) is 23.0. The molecule has 18 heavy (non-hydrogen) atoms. The molecule has 1 aliphatic heterocycles. The van der Waals surface area contributed by atoms with Gasteiger partial charge in [-0.05, 0) is 56.0 Å². The van der Waals surface area contributed by atoms with E-state index in [1.54, 1.807) is 6.07 Å². The SMILES string of the molecule is CC(N)C1CCCN(Cc2cc(Cl)cc(Cl)c2)C1. The van der Waals surface area contributed by atoms with Crippen LogP contribution in [0.2, 0.25) is 10.0 Å². The molecule has 0 spiro atoms. The van der Waals surface area contributed by atoms with Gasteiger partial charge in [0.1, 0.15) is 0 Å². The van der Waals surface area contributed by atoms with Crippen LogP contribution in [0, 0.1) is 5.92 Å². The summed E-state index contributed by atoms with van der Waals surface area (Å²) >= 11 is 12.0. The fourth-order valence-corrected chi connectivity index (χ4v) is 3.20. The first-order chi connectivity index (χ1) is 8.54. The van der Waals surface area contributed by atoms with Crippen molar-refractivity contribution >= 4 is 23.2 Å². The van der Waals surface area contributed by atoms with Crippen LogP contribution in [0.15, 0.2) is 18.2 Å². The molecule has 2 nitrogen and oxygen atoms in total. The van der Waals surface area contributed by atoms with Crippen molar-refractivity contribution in [2.45, 2.75) is 32.4 Å². The Morgan fingerprint density at radius 1 is 1.33 bits per heavy atom. The maximum atomic E-state index is 6.02. The van der Waals surface area contributed by atoms with Gasteiger partial charge in [0.25, 0.3) is 0 Å². The van der Waals surface area contributed by atoms with Crippen LogP contribution in [0.25, 0.3) is 0 Å². The average Bonchev–Trinajstić information content (AvgIpc) is 2.27. The zero-order valence-corrected chi connectivity index (χ0v) is 12.2. The zero-order chi connectivity index (χ0) is 13.1. The molecule has 1 fully saturated rings. The molecule has 4 heteroatoms. The van der Waals surface area contributed by atoms with Gasteiger partial charge in [-0.1, -0.05) is 23.2 Å². The van der Waals surface area contributed by atoms with E-state index >= 15 is 0 Å². The van der Waals surface area contributed by atoms with Gasteiger partial charge in [-0.15, -0.1) is 0 Å². The van der Waals surface area contributed by atoms with Crippen LogP contribution in [0.5, 0.6) is 0 Å². The smallest absolute Gasteiger partial charge is 0.0424 e. The summed E-state index contributed by atoms with van der Waals surface area (Å²) in [4.78, 5) is 2.44. The summed E-state index contributed by atoms with van der Waals surface area (Å²) < 4.78 is 0. The minimum absolute atomic E-state index is 0.274. The molecule has 2 unspecified atom stereocenters. The lowest BCUT2D eigenvalue weighted by Crippen LogP contribution is -2.41. The molecule has 1 aliphatic rings. The summed E-state index contributed by atoms with van der Waals surface area (Å²) in [6.07, 6.45) is 2.46. The van der Waals surface area contributed by atoms with Gasteiger partial charge in [-0.3, -0.25) is 4.90 Å². The minimum atomic E-state index is 0.274. The van der Waals surface area contributed by atoms with E-state index in [4.69, 9.17) is 28.9 Å². The second-order valence-corrected chi connectivity index (χ2v) is 6.15. The van der Waals surface area contributed by atoms with Crippen molar-refractivity contribution in [3.05, 3.63) is 33.8 Å². The third kappa shape index (κ3) is 3.86. The Kier molecular flexibility index (Phi) is 4.91. The molecule has 1 aromatic rings. The van der Waals surface area contributed by atoms with E-state index < -0.39 is 0 Å². The lowest BCUT2D eigenvalue weighted by molar-refractivity contribution is 0.154. The van der Waals surface area contributed by atoms with Crippen LogP contribution in [0.1, 0.15) is 25.3 Å². The van der Waals surface area contributed by atoms with Crippen LogP contribution in [-0.2, 0) is 6.54 Å². The number of piperidine rings is 1. The van der Waals surface area contributed by atoms with Crippen molar-refractivity contribution in [2.75, 3.05) is 13.1 Å². The fourth-order valence-electron chi connectivity index (χ4n) is 2.62. The Labute approximate surface area is 119 Å². The van der Waals surface area contributed by atoms with E-state index in [1.165, 1.54) is 18.4 Å². The third-order valence-electron chi connectivity index (χ3n) is 3.61. The van der Waals surface area contributed by atoms with E-state index in [0.29, 0.717) is 16.0 Å². The van der Waals surface area contributed by atoms with E-state index in [9.17, 15) is 0 Å². The second-order valence-electron chi connectivity index (χ2n) is 5.27. The van der Waals surface area contributed by atoms with Crippen molar-refractivity contribution in [1.82, 2.24) is 4.90 Å². The molecule has 0 aromatic heterocycles. The third-order valence-corrected chi connectivity index (χ3v) is 4.05. The predicted molar refractivity (Wildman–Crippen MR) is 78.1 cm³/mol. The largest absolute Gasteiger partial charge is 0.328 e. The second kappa shape index (κ2) is 6.25. The van der Waals surface area contributed by atoms with Gasteiger partial charge in [0.15, 0.2) is 0 Å². The number of benzene rings is 1. The molecule has 2 rings (SSSR count). The Morgan fingerprint density at radius 2 is 2.00 bits per heavy atom. The van der Waals surface area contributed by atoms with Crippen molar-refractivity contribution in [1.29, 1.82) is 0 Å². The summed E-state index contributed by atoms with van der Waals surface area (Å²) in [5.41, 5.74) is 7.18. The van der Waals surface area contributed by atoms with E-state index in [-0.39, 0.29) is 6.04 Å². The quantitative estimate of drug-likeness (QED) is 0.921. The highest BCUT2D eigenvalue weighted by Gasteiger charge is 2.22. The van der Waals surface area contributed by atoms with Gasteiger partial charge in [-0.2, -0.15) is 0 Å². The zero-order valence-electron chi connectivity index (χ0n) is 10.7. The lowest BCUT2D eigenvalue weighted by atomic mass is 9.92. The van der Waals surface area contributed by atoms with E-state index in [1.807, 2.05) is 12.1 Å². The number of rotatable bonds is 3. The van der Waals surface area contributed by atoms with Crippen LogP contribution in [0.3, 0.4) is 0 Å². The molecule has 0 amide bonds. The topological polar surface area (TPSA) is 29.3 Å². The van der Waals surface area contributed by atoms with Gasteiger partial charge in [0.2, 0.25) is 0 Å². The summed E-state index contributed by atoms with van der Waals surface area (Å²) in [6.45, 7) is 5.21. The highest BCUT2D eigenvalue weighted by molar-refractivity contribution is 6.34. The van der Waals surface area contributed by atoms with E-state index in [0.717, 1.165) is 19.6 Å². The lowest BCUT2D eigenvalue weighted by Gasteiger charge is -2.34. The maximum Gasteiger partial charge on any atom is 0.0424 e. The van der Waals surface area contributed by atoms with Crippen LogP contribution >= 0.6 is 23.2 Å². The Bertz CT molecular complexity index is 387. The van der Waals surface area contributed by atoms with Crippen molar-refractivity contribution in [2.24, 2.45) is 11.7 Å². The molecule has 2 atom stereocenters. The number of nitrogens with zero attached hydrogens (tertiary/aromatic N) is 1. The average molecular weight is 287 g/mol. The molecule has 0 saturated carbocycles. The maximum absolute atomic E-state index is 6.02. The summed E-state index contributed by atoms with van der Waals surface area (Å²) in [6, 6.07) is 6.02. The van der Waals surface area contributed by atoms with Crippen LogP contribution in [0.4, 0.5) is 0 Å². The van der Waals surface area contributed by atoms with Crippen molar-refractivity contribution in [3.63, 3.8) is 0 Å². The number of hydrogen-bond acceptors (Lipinski definition) is 2. The fraction of sp³-hybridized carbons (Fsp3) is 0.571. The molecule has 0 radical (unpaired) electrons. The van der Waals surface area contributed by atoms with Gasteiger partial charge < -0.3 is 5.73 Å². The first-order valence-electron chi connectivity index (χ1n) is 6.47. The number of hydrogen-bond donors (Lipinski definition) is 1. The van der Waals surface area contributed by atoms with Crippen molar-refractivity contribution in [3.8, 4) is 0 Å². The van der Waals surface area contributed by atoms with Gasteiger partial charge >= 0.3 is 0 Å². The molecule has 100 valence electrons. The predicted octanol–water partition coefficient (Wildman–Crippen LogP) is 3.55. The monoisotopic (exact) mass is 286 g/mol. The number of nitrogens with two attached hydrogens (primary N) is 1. The molecule has 0 bridgehead atoms. The van der Waals surface area contributed by atoms with Gasteiger partial charge in [0, 0.05) is 29.2 Å². The first-order valence-corrected chi connectivity index (χ1v) is 7.23. The van der Waals surface area contributed by atoms with Crippen LogP contribution in [-0.4, -0.2) is 24.0 Å². The van der Waals surface area contributed by atoms with Gasteiger partial charge in [0.05, 0.1) is 0 Å². The number of halogens is 2. The minimum Gasteiger partial charge on any atom is -0.328 e. The number of likely N-dealkylation sites (tertiary alicyclic amines) is 1. The molecule has 1 heterocycles. The molecule has 1 saturated heterocycles. The Hall–Kier alpha value is -0.280. The highest BCUT2D eigenvalue weighted by Crippen LogP contribution is 2.23. The molecule has 2 N–H and O–H groups in total. The standard InChI is InChI=1S/C14H20Cl2N2/c1-10(17)12-3-2-4-18(9-12)8-11-5-13(15)7-14(16)6-11/h5-7,10,12H,2-4,8-9,17H2,1H3. The molecular weight excluding hydrogens is 267 g/mol. The summed E-state index contributed by atoms with van der Waals surface area (Å²) in [5.74, 6) is 0.605. The Morgan fingerprint density at radius 3 is 2.61 bits per heavy atom. The first kappa shape index (κ1) is 14.1. The van der Waals surface area contributed by atoms with E-state index in [2.05, 4.69) is 11.8 Å². The summed E-state index contributed by atoms with van der Waals surface area (Å²) in [7, 11) is 0.